The fraction of sp³-hybridized carbons (Fsp3) is 0. The van der Waals surface area contributed by atoms with Gasteiger partial charge in [-0.1, -0.05) is 23.7 Å². The van der Waals surface area contributed by atoms with Crippen molar-refractivity contribution in [2.24, 2.45) is 0 Å². The zero-order valence-corrected chi connectivity index (χ0v) is 11.7. The number of carbonyl (C=O) groups is 1. The second-order valence-corrected chi connectivity index (χ2v) is 4.85. The number of hydrogen-bond donors (Lipinski definition) is 2. The molecule has 2 aromatic rings. The molecule has 1 aliphatic heterocycles. The van der Waals surface area contributed by atoms with E-state index in [1.54, 1.807) is 24.3 Å². The average Bonchev–Trinajstić information content (AvgIpc) is 2.48. The van der Waals surface area contributed by atoms with Crippen LogP contribution < -0.4 is 15.5 Å². The topological polar surface area (TPSA) is 99.0 Å². The van der Waals surface area contributed by atoms with Crippen molar-refractivity contribution < 1.29 is 14.9 Å². The first-order chi connectivity index (χ1) is 10.5. The molecule has 3 rings (SSSR count). The highest BCUT2D eigenvalue weighted by Crippen LogP contribution is 2.36. The van der Waals surface area contributed by atoms with E-state index in [4.69, 9.17) is 11.6 Å². The predicted octanol–water partition coefficient (Wildman–Crippen LogP) is 3.41. The van der Waals surface area contributed by atoms with E-state index in [-0.39, 0.29) is 16.4 Å². The Balaban J connectivity index is 2.05. The Hall–Kier alpha value is -2.84. The molecule has 0 aromatic heterocycles. The third-order valence-electron chi connectivity index (χ3n) is 3.11. The number of rotatable bonds is 2. The number of nitrogens with zero attached hydrogens (tertiary/aromatic N) is 3. The Labute approximate surface area is 129 Å². The Morgan fingerprint density at radius 3 is 2.59 bits per heavy atom. The lowest BCUT2D eigenvalue weighted by Gasteiger charge is -2.36. The molecule has 0 bridgehead atoms. The smallest absolute Gasteiger partial charge is 0.304 e. The molecule has 0 atom stereocenters. The number of non-ortho nitro benzene ring substituents is 1. The number of nitrogens with one attached hydrogen (secondary N) is 1. The Kier molecular flexibility index (Phi) is 3.32. The van der Waals surface area contributed by atoms with Gasteiger partial charge in [0.2, 0.25) is 0 Å². The molecule has 0 fully saturated rings. The SMILES string of the molecule is O=C1Nc2ccccc2N(O)N1c1ccc([N+](=O)[O-])cc1Cl. The average molecular weight is 321 g/mol. The van der Waals surface area contributed by atoms with Crippen molar-refractivity contribution in [3.63, 3.8) is 0 Å². The summed E-state index contributed by atoms with van der Waals surface area (Å²) in [5.41, 5.74) is 0.679. The fourth-order valence-corrected chi connectivity index (χ4v) is 2.36. The number of benzene rings is 2. The monoisotopic (exact) mass is 320 g/mol. The van der Waals surface area contributed by atoms with Crippen LogP contribution >= 0.6 is 11.6 Å². The number of para-hydroxylation sites is 2. The Morgan fingerprint density at radius 2 is 1.91 bits per heavy atom. The van der Waals surface area contributed by atoms with Gasteiger partial charge in [0, 0.05) is 12.1 Å². The summed E-state index contributed by atoms with van der Waals surface area (Å²) < 4.78 is 0. The lowest BCUT2D eigenvalue weighted by molar-refractivity contribution is -0.384. The van der Waals surface area contributed by atoms with Gasteiger partial charge in [0.05, 0.1) is 21.3 Å². The van der Waals surface area contributed by atoms with Crippen LogP contribution in [-0.4, -0.2) is 16.2 Å². The first-order valence-corrected chi connectivity index (χ1v) is 6.50. The highest BCUT2D eigenvalue weighted by atomic mass is 35.5. The summed E-state index contributed by atoms with van der Waals surface area (Å²) in [6, 6.07) is 9.58. The van der Waals surface area contributed by atoms with Crippen molar-refractivity contribution in [2.45, 2.75) is 0 Å². The van der Waals surface area contributed by atoms with Gasteiger partial charge in [-0.15, -0.1) is 0 Å². The van der Waals surface area contributed by atoms with E-state index >= 15 is 0 Å². The molecule has 1 heterocycles. The number of nitro groups is 1. The molecule has 1 aliphatic rings. The van der Waals surface area contributed by atoms with E-state index in [2.05, 4.69) is 5.32 Å². The minimum absolute atomic E-state index is 0.0391. The van der Waals surface area contributed by atoms with Crippen LogP contribution in [0.3, 0.4) is 0 Å². The van der Waals surface area contributed by atoms with Crippen molar-refractivity contribution in [2.75, 3.05) is 15.5 Å². The van der Waals surface area contributed by atoms with Crippen LogP contribution in [0.25, 0.3) is 0 Å². The standard InChI is InChI=1S/C13H9ClN4O4/c14-9-7-8(18(21)22)5-6-11(9)16-13(19)15-10-3-1-2-4-12(10)17(16)20/h1-7,20H,(H,15,19). The molecule has 0 spiro atoms. The number of hydrogen-bond acceptors (Lipinski definition) is 5. The largest absolute Gasteiger partial charge is 0.347 e. The van der Waals surface area contributed by atoms with E-state index in [9.17, 15) is 20.1 Å². The van der Waals surface area contributed by atoms with Gasteiger partial charge in [-0.25, -0.2) is 4.79 Å². The van der Waals surface area contributed by atoms with Gasteiger partial charge in [-0.05, 0) is 18.2 Å². The maximum atomic E-state index is 12.2. The van der Waals surface area contributed by atoms with Gasteiger partial charge >= 0.3 is 6.03 Å². The molecule has 112 valence electrons. The van der Waals surface area contributed by atoms with Gasteiger partial charge in [-0.2, -0.15) is 10.2 Å². The summed E-state index contributed by atoms with van der Waals surface area (Å²) in [4.78, 5) is 22.3. The van der Waals surface area contributed by atoms with Crippen LogP contribution in [0.4, 0.5) is 27.5 Å². The number of urea groups is 1. The summed E-state index contributed by atoms with van der Waals surface area (Å²) >= 11 is 6.00. The van der Waals surface area contributed by atoms with Crippen LogP contribution in [0.2, 0.25) is 5.02 Å². The number of hydrazine groups is 1. The summed E-state index contributed by atoms with van der Waals surface area (Å²) in [5, 5.41) is 25.1. The lowest BCUT2D eigenvalue weighted by Crippen LogP contribution is -2.51. The minimum atomic E-state index is -0.642. The van der Waals surface area contributed by atoms with Crippen molar-refractivity contribution in [1.82, 2.24) is 0 Å². The normalized spacial score (nSPS) is 13.6. The summed E-state index contributed by atoms with van der Waals surface area (Å²) in [6.07, 6.45) is 0. The van der Waals surface area contributed by atoms with Crippen LogP contribution in [0.15, 0.2) is 42.5 Å². The molecule has 0 saturated heterocycles. The first-order valence-electron chi connectivity index (χ1n) is 6.12. The van der Waals surface area contributed by atoms with E-state index in [0.717, 1.165) is 11.1 Å². The number of amides is 2. The van der Waals surface area contributed by atoms with Crippen LogP contribution in [0, 0.1) is 10.1 Å². The number of anilines is 3. The van der Waals surface area contributed by atoms with E-state index in [1.807, 2.05) is 0 Å². The van der Waals surface area contributed by atoms with Crippen LogP contribution in [0.5, 0.6) is 0 Å². The van der Waals surface area contributed by atoms with Gasteiger partial charge in [0.25, 0.3) is 5.69 Å². The zero-order valence-electron chi connectivity index (χ0n) is 10.9. The molecule has 0 unspecified atom stereocenters. The Morgan fingerprint density at radius 1 is 1.18 bits per heavy atom. The second kappa shape index (κ2) is 5.17. The molecule has 0 saturated carbocycles. The Bertz CT molecular complexity index is 782. The molecule has 2 aromatic carbocycles. The van der Waals surface area contributed by atoms with Crippen molar-refractivity contribution in [3.8, 4) is 0 Å². The van der Waals surface area contributed by atoms with E-state index in [0.29, 0.717) is 16.5 Å². The molecule has 0 aliphatic carbocycles. The molecule has 8 nitrogen and oxygen atoms in total. The molecule has 2 amide bonds. The van der Waals surface area contributed by atoms with Gasteiger partial charge in [0.1, 0.15) is 5.69 Å². The van der Waals surface area contributed by atoms with Crippen LogP contribution in [-0.2, 0) is 0 Å². The van der Waals surface area contributed by atoms with Crippen molar-refractivity contribution in [1.29, 1.82) is 0 Å². The number of fused-ring (bicyclic) bond motifs is 1. The highest BCUT2D eigenvalue weighted by molar-refractivity contribution is 6.34. The van der Waals surface area contributed by atoms with E-state index < -0.39 is 11.0 Å². The molecule has 22 heavy (non-hydrogen) atoms. The molecule has 2 N–H and O–H groups in total. The van der Waals surface area contributed by atoms with Crippen molar-refractivity contribution >= 4 is 40.4 Å². The first kappa shape index (κ1) is 14.1. The number of carbonyl (C=O) groups excluding carboxylic acids is 1. The molecular weight excluding hydrogens is 312 g/mol. The third kappa shape index (κ3) is 2.20. The molecular formula is C13H9ClN4O4. The van der Waals surface area contributed by atoms with Gasteiger partial charge in [0.15, 0.2) is 0 Å². The zero-order chi connectivity index (χ0) is 15.9. The maximum absolute atomic E-state index is 12.2. The fourth-order valence-electron chi connectivity index (χ4n) is 2.11. The van der Waals surface area contributed by atoms with E-state index in [1.165, 1.54) is 12.1 Å². The summed E-state index contributed by atoms with van der Waals surface area (Å²) in [5.74, 6) is 0. The summed E-state index contributed by atoms with van der Waals surface area (Å²) in [6.45, 7) is 0. The van der Waals surface area contributed by atoms with Gasteiger partial charge < -0.3 is 5.32 Å². The maximum Gasteiger partial charge on any atom is 0.347 e. The third-order valence-corrected chi connectivity index (χ3v) is 3.42. The predicted molar refractivity (Wildman–Crippen MR) is 80.3 cm³/mol. The molecule has 9 heteroatoms. The van der Waals surface area contributed by atoms with Crippen molar-refractivity contribution in [3.05, 3.63) is 57.6 Å². The minimum Gasteiger partial charge on any atom is -0.304 e. The highest BCUT2D eigenvalue weighted by Gasteiger charge is 2.32. The lowest BCUT2D eigenvalue weighted by atomic mass is 10.2. The quantitative estimate of drug-likeness (QED) is 0.652. The van der Waals surface area contributed by atoms with Crippen LogP contribution in [0.1, 0.15) is 0 Å². The van der Waals surface area contributed by atoms with Gasteiger partial charge in [-0.3, -0.25) is 15.3 Å². The number of halogens is 1. The molecule has 0 radical (unpaired) electrons. The summed E-state index contributed by atoms with van der Waals surface area (Å²) in [7, 11) is 0. The number of nitro benzene ring substituents is 1. The second-order valence-electron chi connectivity index (χ2n) is 4.44.